The smallest absolute Gasteiger partial charge is 0.430 e. The minimum Gasteiger partial charge on any atom is -0.491 e. The molecule has 3 nitrogen and oxygen atoms in total. The highest BCUT2D eigenvalue weighted by atomic mass is 19.4. The molecule has 3 rings (SSSR count). The highest BCUT2D eigenvalue weighted by Gasteiger charge is 2.68. The Morgan fingerprint density at radius 3 is 1.97 bits per heavy atom. The average molecular weight is 545 g/mol. The molecule has 0 amide bonds. The lowest BCUT2D eigenvalue weighted by Crippen LogP contribution is -2.55. The van der Waals surface area contributed by atoms with E-state index >= 15 is 0 Å². The van der Waals surface area contributed by atoms with E-state index in [9.17, 15) is 31.4 Å². The molecule has 0 spiro atoms. The fourth-order valence-corrected chi connectivity index (χ4v) is 5.02. The zero-order valence-electron chi connectivity index (χ0n) is 22.0. The van der Waals surface area contributed by atoms with Crippen LogP contribution in [-0.4, -0.2) is 42.4 Å². The molecule has 1 fully saturated rings. The molecular weight excluding hydrogens is 510 g/mol. The van der Waals surface area contributed by atoms with E-state index in [0.29, 0.717) is 18.2 Å². The van der Waals surface area contributed by atoms with E-state index in [0.717, 1.165) is 54.7 Å². The molecule has 1 atom stereocenters. The van der Waals surface area contributed by atoms with Gasteiger partial charge >= 0.3 is 12.4 Å². The normalized spacial score (nSPS) is 17.4. The van der Waals surface area contributed by atoms with Crippen molar-refractivity contribution in [2.45, 2.75) is 82.9 Å². The molecular formula is C29H34F6O3. The van der Waals surface area contributed by atoms with Crippen LogP contribution in [0.3, 0.4) is 0 Å². The predicted octanol–water partition coefficient (Wildman–Crippen LogP) is 7.84. The highest BCUT2D eigenvalue weighted by molar-refractivity contribution is 5.57. The summed E-state index contributed by atoms with van der Waals surface area (Å²) in [5, 5.41) is 9.44. The summed E-state index contributed by atoms with van der Waals surface area (Å²) in [6, 6.07) is 11.0. The zero-order valence-corrected chi connectivity index (χ0v) is 22.0. The fourth-order valence-electron chi connectivity index (χ4n) is 5.02. The van der Waals surface area contributed by atoms with Gasteiger partial charge in [-0.05, 0) is 79.5 Å². The van der Waals surface area contributed by atoms with Gasteiger partial charge in [-0.15, -0.1) is 0 Å². The van der Waals surface area contributed by atoms with E-state index in [1.165, 1.54) is 6.07 Å². The minimum atomic E-state index is -5.91. The molecule has 1 aliphatic rings. The monoisotopic (exact) mass is 544 g/mol. The fraction of sp³-hybridized carbons (Fsp3) is 0.517. The molecule has 0 unspecified atom stereocenters. The molecule has 0 aromatic heterocycles. The van der Waals surface area contributed by atoms with Crippen LogP contribution in [0.2, 0.25) is 0 Å². The molecule has 0 aliphatic carbocycles. The van der Waals surface area contributed by atoms with Crippen LogP contribution in [-0.2, 0) is 10.2 Å². The summed E-state index contributed by atoms with van der Waals surface area (Å²) in [4.78, 5) is 0. The van der Waals surface area contributed by atoms with Gasteiger partial charge in [0.05, 0.1) is 6.10 Å². The first-order chi connectivity index (χ1) is 17.7. The minimum absolute atomic E-state index is 0.0956. The van der Waals surface area contributed by atoms with Crippen molar-refractivity contribution >= 4 is 6.08 Å². The second kappa shape index (κ2) is 11.3. The van der Waals surface area contributed by atoms with Crippen LogP contribution >= 0.6 is 0 Å². The van der Waals surface area contributed by atoms with Gasteiger partial charge in [-0.1, -0.05) is 50.3 Å². The van der Waals surface area contributed by atoms with Crippen molar-refractivity contribution in [3.8, 4) is 5.75 Å². The first-order valence-corrected chi connectivity index (χ1v) is 12.7. The summed E-state index contributed by atoms with van der Waals surface area (Å²) < 4.78 is 89.9. The Labute approximate surface area is 219 Å². The van der Waals surface area contributed by atoms with E-state index < -0.39 is 23.4 Å². The molecule has 1 N–H and O–H groups in total. The number of ether oxygens (including phenoxy) is 2. The maximum absolute atomic E-state index is 13.1. The number of alkyl halides is 6. The molecule has 0 radical (unpaired) electrons. The third kappa shape index (κ3) is 5.88. The molecule has 1 aliphatic heterocycles. The number of benzene rings is 2. The zero-order chi connectivity index (χ0) is 28.4. The van der Waals surface area contributed by atoms with Crippen molar-refractivity contribution in [3.63, 3.8) is 0 Å². The van der Waals surface area contributed by atoms with Crippen molar-refractivity contribution in [2.75, 3.05) is 13.2 Å². The number of rotatable bonds is 9. The van der Waals surface area contributed by atoms with Gasteiger partial charge in [-0.25, -0.2) is 0 Å². The summed E-state index contributed by atoms with van der Waals surface area (Å²) >= 11 is 0. The van der Waals surface area contributed by atoms with E-state index in [4.69, 9.17) is 9.47 Å². The third-order valence-electron chi connectivity index (χ3n) is 7.57. The average Bonchev–Trinajstić information content (AvgIpc) is 3.36. The van der Waals surface area contributed by atoms with Crippen molar-refractivity contribution in [3.05, 3.63) is 70.3 Å². The number of aliphatic hydroxyl groups is 1. The molecule has 0 saturated carbocycles. The number of hydrogen-bond acceptors (Lipinski definition) is 3. The molecule has 2 aromatic rings. The standard InChI is InChI=1S/C29H34F6O3/c1-5-26(6-2,23-11-12-25(20(4)17-23)38-18-24-8-7-15-37-24)22-10-9-21(19(3)16-22)13-14-27(36,28(30,31)32)29(33,34)35/h9-14,16-17,24,36H,5-8,15,18H2,1-4H3/t24-/m0/s1. The summed E-state index contributed by atoms with van der Waals surface area (Å²) in [5.74, 6) is 0.767. The highest BCUT2D eigenvalue weighted by Crippen LogP contribution is 2.45. The maximum atomic E-state index is 13.1. The van der Waals surface area contributed by atoms with Crippen LogP contribution in [0.25, 0.3) is 6.08 Å². The molecule has 1 heterocycles. The lowest BCUT2D eigenvalue weighted by molar-refractivity contribution is -0.347. The van der Waals surface area contributed by atoms with Gasteiger partial charge in [0.1, 0.15) is 12.4 Å². The maximum Gasteiger partial charge on any atom is 0.430 e. The second-order valence-corrected chi connectivity index (χ2v) is 9.88. The number of halogens is 6. The van der Waals surface area contributed by atoms with Crippen molar-refractivity contribution in [1.29, 1.82) is 0 Å². The van der Waals surface area contributed by atoms with Crippen LogP contribution in [0.4, 0.5) is 26.3 Å². The van der Waals surface area contributed by atoms with Gasteiger partial charge in [-0.2, -0.15) is 26.3 Å². The van der Waals surface area contributed by atoms with Crippen molar-refractivity contribution in [1.82, 2.24) is 0 Å². The van der Waals surface area contributed by atoms with Crippen LogP contribution in [0, 0.1) is 13.8 Å². The van der Waals surface area contributed by atoms with Gasteiger partial charge in [0, 0.05) is 12.0 Å². The van der Waals surface area contributed by atoms with Crippen molar-refractivity contribution in [2.24, 2.45) is 0 Å². The van der Waals surface area contributed by atoms with Crippen LogP contribution in [0.5, 0.6) is 5.75 Å². The van der Waals surface area contributed by atoms with E-state index in [1.807, 2.05) is 32.9 Å². The Bertz CT molecular complexity index is 1110. The SMILES string of the molecule is CCC(CC)(c1ccc(C=CC(O)(C(F)(F)F)C(F)(F)F)c(C)c1)c1ccc(OC[C@@H]2CCCO2)c(C)c1. The Morgan fingerprint density at radius 1 is 0.921 bits per heavy atom. The Hall–Kier alpha value is -2.52. The van der Waals surface area contributed by atoms with Gasteiger partial charge in [0.2, 0.25) is 0 Å². The van der Waals surface area contributed by atoms with Crippen LogP contribution < -0.4 is 4.74 Å². The molecule has 2 aromatic carbocycles. The summed E-state index contributed by atoms with van der Waals surface area (Å²) in [6.45, 7) is 8.89. The topological polar surface area (TPSA) is 38.7 Å². The first-order valence-electron chi connectivity index (χ1n) is 12.7. The molecule has 38 heavy (non-hydrogen) atoms. The molecule has 210 valence electrons. The van der Waals surface area contributed by atoms with E-state index in [-0.39, 0.29) is 17.7 Å². The van der Waals surface area contributed by atoms with Crippen LogP contribution in [0.1, 0.15) is 67.3 Å². The number of hydrogen-bond donors (Lipinski definition) is 1. The predicted molar refractivity (Wildman–Crippen MR) is 134 cm³/mol. The molecule has 9 heteroatoms. The van der Waals surface area contributed by atoms with Crippen molar-refractivity contribution < 1.29 is 40.9 Å². The molecule has 1 saturated heterocycles. The third-order valence-corrected chi connectivity index (χ3v) is 7.57. The quantitative estimate of drug-likeness (QED) is 0.327. The number of aryl methyl sites for hydroxylation is 2. The van der Waals surface area contributed by atoms with Gasteiger partial charge in [0.15, 0.2) is 0 Å². The largest absolute Gasteiger partial charge is 0.491 e. The second-order valence-electron chi connectivity index (χ2n) is 9.88. The first kappa shape index (κ1) is 30.0. The Morgan fingerprint density at radius 2 is 1.50 bits per heavy atom. The Balaban J connectivity index is 1.91. The summed E-state index contributed by atoms with van der Waals surface area (Å²) in [7, 11) is 0. The Kier molecular flexibility index (Phi) is 8.93. The lowest BCUT2D eigenvalue weighted by atomic mass is 9.70. The summed E-state index contributed by atoms with van der Waals surface area (Å²) in [5.41, 5.74) is -1.83. The van der Waals surface area contributed by atoms with Gasteiger partial charge in [0.25, 0.3) is 5.60 Å². The van der Waals surface area contributed by atoms with Gasteiger partial charge in [-0.3, -0.25) is 0 Å². The lowest BCUT2D eigenvalue weighted by Gasteiger charge is -2.34. The molecule has 0 bridgehead atoms. The van der Waals surface area contributed by atoms with Gasteiger partial charge < -0.3 is 14.6 Å². The van der Waals surface area contributed by atoms with E-state index in [2.05, 4.69) is 6.07 Å². The summed E-state index contributed by atoms with van der Waals surface area (Å²) in [6.07, 6.45) is -7.85. The van der Waals surface area contributed by atoms with E-state index in [1.54, 1.807) is 19.1 Å². The van der Waals surface area contributed by atoms with Crippen LogP contribution in [0.15, 0.2) is 42.5 Å².